The summed E-state index contributed by atoms with van der Waals surface area (Å²) < 4.78 is 1.81. The van der Waals surface area contributed by atoms with Crippen molar-refractivity contribution in [1.29, 1.82) is 0 Å². The minimum atomic E-state index is -0.283. The highest BCUT2D eigenvalue weighted by Crippen LogP contribution is 2.29. The topological polar surface area (TPSA) is 80.1 Å². The van der Waals surface area contributed by atoms with Gasteiger partial charge in [0.2, 0.25) is 11.8 Å². The van der Waals surface area contributed by atoms with Gasteiger partial charge in [-0.1, -0.05) is 36.4 Å². The highest BCUT2D eigenvalue weighted by Gasteiger charge is 2.17. The third-order valence-corrected chi connectivity index (χ3v) is 5.82. The molecule has 0 atom stereocenters. The van der Waals surface area contributed by atoms with Gasteiger partial charge >= 0.3 is 0 Å². The van der Waals surface area contributed by atoms with E-state index in [-0.39, 0.29) is 11.8 Å². The molecule has 2 heterocycles. The Labute approximate surface area is 196 Å². The summed E-state index contributed by atoms with van der Waals surface area (Å²) in [6, 6.07) is 19.1. The third kappa shape index (κ3) is 4.91. The second-order valence-corrected chi connectivity index (χ2v) is 8.20. The van der Waals surface area contributed by atoms with Gasteiger partial charge in [-0.25, -0.2) is 9.67 Å². The Morgan fingerprint density at radius 1 is 1.03 bits per heavy atom. The molecule has 166 valence electrons. The van der Waals surface area contributed by atoms with Crippen LogP contribution in [-0.2, 0) is 9.59 Å². The van der Waals surface area contributed by atoms with Gasteiger partial charge in [-0.3, -0.25) is 14.5 Å². The zero-order chi connectivity index (χ0) is 23.4. The Morgan fingerprint density at radius 2 is 1.70 bits per heavy atom. The largest absolute Gasteiger partial charge is 0.319 e. The van der Waals surface area contributed by atoms with Crippen LogP contribution >= 0.6 is 11.3 Å². The number of para-hydroxylation sites is 2. The van der Waals surface area contributed by atoms with Crippen LogP contribution in [0.4, 0.5) is 16.5 Å². The number of amides is 2. The number of aryl methyl sites for hydroxylation is 1. The van der Waals surface area contributed by atoms with Crippen LogP contribution in [0.2, 0.25) is 0 Å². The molecule has 2 aromatic heterocycles. The number of nitrogens with zero attached hydrogens (tertiary/aromatic N) is 4. The van der Waals surface area contributed by atoms with Crippen LogP contribution in [0.25, 0.3) is 11.8 Å². The molecule has 4 aromatic rings. The van der Waals surface area contributed by atoms with Gasteiger partial charge in [-0.05, 0) is 44.2 Å². The molecule has 0 saturated heterocycles. The van der Waals surface area contributed by atoms with E-state index in [0.29, 0.717) is 16.5 Å². The van der Waals surface area contributed by atoms with Crippen molar-refractivity contribution >= 4 is 45.7 Å². The Balaban J connectivity index is 1.49. The quantitative estimate of drug-likeness (QED) is 0.399. The first-order chi connectivity index (χ1) is 15.9. The number of carbonyl (C=O) groups excluding carboxylic acids is 2. The van der Waals surface area contributed by atoms with Crippen molar-refractivity contribution < 1.29 is 9.59 Å². The molecule has 0 radical (unpaired) electrons. The number of thiazole rings is 1. The molecule has 0 aliphatic heterocycles. The van der Waals surface area contributed by atoms with E-state index >= 15 is 0 Å². The highest BCUT2D eigenvalue weighted by atomic mass is 32.1. The van der Waals surface area contributed by atoms with Crippen molar-refractivity contribution in [2.24, 2.45) is 0 Å². The molecule has 0 saturated carbocycles. The Morgan fingerprint density at radius 3 is 2.36 bits per heavy atom. The number of benzene rings is 2. The van der Waals surface area contributed by atoms with E-state index in [1.165, 1.54) is 24.3 Å². The molecule has 8 heteroatoms. The number of hydrogen-bond donors (Lipinski definition) is 1. The molecule has 0 fully saturated rings. The predicted octanol–water partition coefficient (Wildman–Crippen LogP) is 5.28. The Hall–Kier alpha value is -4.04. The normalized spacial score (nSPS) is 11.0. The minimum Gasteiger partial charge on any atom is -0.319 e. The van der Waals surface area contributed by atoms with Crippen LogP contribution < -0.4 is 10.2 Å². The van der Waals surface area contributed by atoms with Gasteiger partial charge in [0.15, 0.2) is 5.13 Å². The van der Waals surface area contributed by atoms with Crippen molar-refractivity contribution in [2.75, 3.05) is 10.2 Å². The first kappa shape index (κ1) is 22.2. The zero-order valence-corrected chi connectivity index (χ0v) is 19.3. The summed E-state index contributed by atoms with van der Waals surface area (Å²) in [5, 5.41) is 9.82. The fourth-order valence-corrected chi connectivity index (χ4v) is 4.28. The molecule has 0 bridgehead atoms. The third-order valence-electron chi connectivity index (χ3n) is 4.98. The van der Waals surface area contributed by atoms with Gasteiger partial charge in [0.05, 0.1) is 34.1 Å². The molecule has 4 rings (SSSR count). The molecule has 0 unspecified atom stereocenters. The average molecular weight is 458 g/mol. The smallest absolute Gasteiger partial charge is 0.248 e. The SMILES string of the molecule is CC(=O)N(c1ccccc1)c1nc(/C=C/C(=O)Nc2c(C)nn(-c3ccccc3)c2C)cs1. The molecule has 0 aliphatic carbocycles. The van der Waals surface area contributed by atoms with E-state index in [0.717, 1.165) is 22.8 Å². The molecular weight excluding hydrogens is 434 g/mol. The standard InChI is InChI=1S/C25H23N5O2S/c1-17-24(18(2)30(28-17)22-12-8-5-9-13-22)27-23(32)15-14-20-16-33-25(26-20)29(19(3)31)21-10-6-4-7-11-21/h4-16H,1-3H3,(H,27,32)/b15-14+. The van der Waals surface area contributed by atoms with Crippen LogP contribution in [-0.4, -0.2) is 26.6 Å². The number of aromatic nitrogens is 3. The fraction of sp³-hybridized carbons (Fsp3) is 0.120. The van der Waals surface area contributed by atoms with Crippen molar-refractivity contribution in [3.8, 4) is 5.69 Å². The van der Waals surface area contributed by atoms with E-state index in [2.05, 4.69) is 15.4 Å². The Kier molecular flexibility index (Phi) is 6.46. The summed E-state index contributed by atoms with van der Waals surface area (Å²) >= 11 is 1.34. The second-order valence-electron chi connectivity index (χ2n) is 7.36. The van der Waals surface area contributed by atoms with E-state index in [1.54, 1.807) is 15.7 Å². The Bertz CT molecular complexity index is 1310. The molecular formula is C25H23N5O2S. The van der Waals surface area contributed by atoms with Gasteiger partial charge in [0.25, 0.3) is 0 Å². The number of nitrogens with one attached hydrogen (secondary N) is 1. The van der Waals surface area contributed by atoms with Crippen LogP contribution in [0.3, 0.4) is 0 Å². The van der Waals surface area contributed by atoms with Crippen molar-refractivity contribution in [3.63, 3.8) is 0 Å². The lowest BCUT2D eigenvalue weighted by atomic mass is 10.3. The summed E-state index contributed by atoms with van der Waals surface area (Å²) in [6.45, 7) is 5.27. The van der Waals surface area contributed by atoms with Crippen LogP contribution in [0.1, 0.15) is 24.0 Å². The molecule has 33 heavy (non-hydrogen) atoms. The lowest BCUT2D eigenvalue weighted by Crippen LogP contribution is -2.22. The van der Waals surface area contributed by atoms with Gasteiger partial charge in [-0.15, -0.1) is 11.3 Å². The lowest BCUT2D eigenvalue weighted by Gasteiger charge is -2.17. The monoisotopic (exact) mass is 457 g/mol. The lowest BCUT2D eigenvalue weighted by molar-refractivity contribution is -0.116. The zero-order valence-electron chi connectivity index (χ0n) is 18.5. The molecule has 2 amide bonds. The second kappa shape index (κ2) is 9.62. The van der Waals surface area contributed by atoms with E-state index in [1.807, 2.05) is 79.9 Å². The van der Waals surface area contributed by atoms with Crippen molar-refractivity contribution in [1.82, 2.24) is 14.8 Å². The van der Waals surface area contributed by atoms with Gasteiger partial charge < -0.3 is 5.32 Å². The van der Waals surface area contributed by atoms with E-state index < -0.39 is 0 Å². The van der Waals surface area contributed by atoms with Crippen LogP contribution in [0, 0.1) is 13.8 Å². The van der Waals surface area contributed by atoms with E-state index in [9.17, 15) is 9.59 Å². The minimum absolute atomic E-state index is 0.134. The van der Waals surface area contributed by atoms with E-state index in [4.69, 9.17) is 0 Å². The molecule has 1 N–H and O–H groups in total. The average Bonchev–Trinajstić information content (AvgIpc) is 3.39. The van der Waals surface area contributed by atoms with Crippen LogP contribution in [0.15, 0.2) is 72.1 Å². The summed E-state index contributed by atoms with van der Waals surface area (Å²) in [6.07, 6.45) is 3.06. The molecule has 2 aromatic carbocycles. The number of carbonyl (C=O) groups is 2. The highest BCUT2D eigenvalue weighted by molar-refractivity contribution is 7.14. The predicted molar refractivity (Wildman–Crippen MR) is 132 cm³/mol. The first-order valence-electron chi connectivity index (χ1n) is 10.4. The molecule has 0 aliphatic rings. The molecule has 0 spiro atoms. The summed E-state index contributed by atoms with van der Waals surface area (Å²) in [5.41, 5.74) is 4.53. The fourth-order valence-electron chi connectivity index (χ4n) is 3.43. The summed E-state index contributed by atoms with van der Waals surface area (Å²) in [4.78, 5) is 30.8. The number of rotatable bonds is 6. The number of anilines is 3. The van der Waals surface area contributed by atoms with Crippen molar-refractivity contribution in [2.45, 2.75) is 20.8 Å². The van der Waals surface area contributed by atoms with Gasteiger partial charge in [0.1, 0.15) is 0 Å². The van der Waals surface area contributed by atoms with Crippen LogP contribution in [0.5, 0.6) is 0 Å². The maximum absolute atomic E-state index is 12.6. The van der Waals surface area contributed by atoms with Crippen molar-refractivity contribution in [3.05, 3.63) is 89.2 Å². The maximum Gasteiger partial charge on any atom is 0.248 e. The molecule has 7 nitrogen and oxygen atoms in total. The van der Waals surface area contributed by atoms with Gasteiger partial charge in [-0.2, -0.15) is 5.10 Å². The maximum atomic E-state index is 12.6. The number of hydrogen-bond acceptors (Lipinski definition) is 5. The summed E-state index contributed by atoms with van der Waals surface area (Å²) in [7, 11) is 0. The first-order valence-corrected chi connectivity index (χ1v) is 11.2. The van der Waals surface area contributed by atoms with Gasteiger partial charge in [0, 0.05) is 18.4 Å². The summed E-state index contributed by atoms with van der Waals surface area (Å²) in [5.74, 6) is -0.417.